The van der Waals surface area contributed by atoms with E-state index in [-0.39, 0.29) is 6.04 Å². The molecule has 1 fully saturated rings. The van der Waals surface area contributed by atoms with Crippen molar-refractivity contribution in [2.45, 2.75) is 44.2 Å². The largest absolute Gasteiger partial charge is 0.497 e. The number of fused-ring (bicyclic) bond motifs is 3. The molecule has 5 rings (SSSR count). The lowest BCUT2D eigenvalue weighted by atomic mass is 9.92. The van der Waals surface area contributed by atoms with E-state index in [0.29, 0.717) is 18.0 Å². The quantitative estimate of drug-likeness (QED) is 0.581. The average Bonchev–Trinajstić information content (AvgIpc) is 3.45. The number of benzene rings is 2. The van der Waals surface area contributed by atoms with Gasteiger partial charge in [-0.05, 0) is 60.7 Å². The number of carbonyl (C=O) groups is 2. The zero-order valence-electron chi connectivity index (χ0n) is 18.0. The minimum absolute atomic E-state index is 0.0986. The summed E-state index contributed by atoms with van der Waals surface area (Å²) in [5.74, 6) is -0.261. The molecule has 7 heteroatoms. The minimum Gasteiger partial charge on any atom is -0.497 e. The highest BCUT2D eigenvalue weighted by molar-refractivity contribution is 6.35. The normalized spacial score (nSPS) is 18.6. The number of amides is 2. The first kappa shape index (κ1) is 20.9. The Kier molecular flexibility index (Phi) is 5.55. The van der Waals surface area contributed by atoms with Crippen LogP contribution in [0.2, 0.25) is 5.02 Å². The van der Waals surface area contributed by atoms with Crippen molar-refractivity contribution in [1.82, 2.24) is 15.2 Å². The van der Waals surface area contributed by atoms with Crippen molar-refractivity contribution < 1.29 is 14.3 Å². The van der Waals surface area contributed by atoms with Crippen LogP contribution in [-0.2, 0) is 16.0 Å². The number of halogens is 1. The van der Waals surface area contributed by atoms with Gasteiger partial charge in [0.25, 0.3) is 0 Å². The molecule has 1 aromatic heterocycles. The summed E-state index contributed by atoms with van der Waals surface area (Å²) in [4.78, 5) is 31.4. The third-order valence-corrected chi connectivity index (χ3v) is 6.90. The summed E-state index contributed by atoms with van der Waals surface area (Å²) in [6, 6.07) is 13.1. The number of carbonyl (C=O) groups excluding carboxylic acids is 2. The molecule has 0 saturated heterocycles. The molecule has 0 spiro atoms. The predicted molar refractivity (Wildman–Crippen MR) is 124 cm³/mol. The zero-order chi connectivity index (χ0) is 22.2. The fourth-order valence-corrected chi connectivity index (χ4v) is 5.23. The number of ether oxygens (including phenoxy) is 1. The van der Waals surface area contributed by atoms with Crippen molar-refractivity contribution in [3.8, 4) is 5.75 Å². The number of hydrogen-bond donors (Lipinski definition) is 2. The molecule has 1 unspecified atom stereocenters. The first-order valence-electron chi connectivity index (χ1n) is 11.1. The molecule has 32 heavy (non-hydrogen) atoms. The molecule has 1 atom stereocenters. The van der Waals surface area contributed by atoms with Crippen molar-refractivity contribution in [1.29, 1.82) is 0 Å². The Bertz CT molecular complexity index is 1170. The van der Waals surface area contributed by atoms with E-state index >= 15 is 0 Å². The first-order valence-corrected chi connectivity index (χ1v) is 11.5. The molecule has 166 valence electrons. The molecule has 6 nitrogen and oxygen atoms in total. The highest BCUT2D eigenvalue weighted by atomic mass is 35.5. The van der Waals surface area contributed by atoms with Crippen LogP contribution >= 0.6 is 11.6 Å². The Morgan fingerprint density at radius 3 is 2.59 bits per heavy atom. The van der Waals surface area contributed by atoms with Crippen LogP contribution in [0.4, 0.5) is 0 Å². The van der Waals surface area contributed by atoms with Crippen LogP contribution in [0.15, 0.2) is 42.5 Å². The summed E-state index contributed by atoms with van der Waals surface area (Å²) >= 11 is 6.26. The Morgan fingerprint density at radius 1 is 1.12 bits per heavy atom. The van der Waals surface area contributed by atoms with E-state index < -0.39 is 17.9 Å². The number of rotatable bonds is 3. The van der Waals surface area contributed by atoms with Crippen LogP contribution in [0.1, 0.15) is 48.5 Å². The maximum Gasteiger partial charge on any atom is 0.312 e. The number of nitrogens with zero attached hydrogens (tertiary/aromatic N) is 1. The van der Waals surface area contributed by atoms with E-state index in [1.54, 1.807) is 12.0 Å². The molecular formula is C25H26ClN3O3. The lowest BCUT2D eigenvalue weighted by molar-refractivity contribution is -0.147. The van der Waals surface area contributed by atoms with Crippen molar-refractivity contribution in [2.24, 2.45) is 0 Å². The molecule has 2 aliphatic rings. The van der Waals surface area contributed by atoms with Gasteiger partial charge in [-0.3, -0.25) is 9.59 Å². The summed E-state index contributed by atoms with van der Waals surface area (Å²) in [6.45, 7) is 0.458. The topological polar surface area (TPSA) is 74.4 Å². The van der Waals surface area contributed by atoms with Crippen LogP contribution in [0.5, 0.6) is 5.75 Å². The molecule has 0 bridgehead atoms. The number of nitrogens with one attached hydrogen (secondary N) is 2. The smallest absolute Gasteiger partial charge is 0.312 e. The molecular weight excluding hydrogens is 426 g/mol. The van der Waals surface area contributed by atoms with Gasteiger partial charge in [0.2, 0.25) is 0 Å². The standard InChI is InChI=1S/C25H26ClN3O3/c1-32-18-9-6-15(7-10-18)23-22-19(20-14-16(26)8-11-21(20)28-22)12-13-29(23)25(31)24(30)27-17-4-2-3-5-17/h6-11,14,17,23,28H,2-5,12-13H2,1H3,(H,27,30). The first-order chi connectivity index (χ1) is 15.5. The zero-order valence-corrected chi connectivity index (χ0v) is 18.7. The van der Waals surface area contributed by atoms with Crippen molar-refractivity contribution in [2.75, 3.05) is 13.7 Å². The van der Waals surface area contributed by atoms with Gasteiger partial charge >= 0.3 is 11.8 Å². The van der Waals surface area contributed by atoms with E-state index in [1.165, 1.54) is 0 Å². The number of H-pyrrole nitrogens is 1. The third-order valence-electron chi connectivity index (χ3n) is 6.67. The number of hydrogen-bond acceptors (Lipinski definition) is 3. The Hall–Kier alpha value is -2.99. The van der Waals surface area contributed by atoms with E-state index in [0.717, 1.165) is 59.2 Å². The number of aromatic nitrogens is 1. The van der Waals surface area contributed by atoms with Gasteiger partial charge in [0, 0.05) is 34.2 Å². The van der Waals surface area contributed by atoms with E-state index in [4.69, 9.17) is 16.3 Å². The Morgan fingerprint density at radius 2 is 1.88 bits per heavy atom. The summed E-state index contributed by atoms with van der Waals surface area (Å²) in [5, 5.41) is 4.69. The molecule has 1 aliphatic heterocycles. The maximum atomic E-state index is 13.3. The molecule has 2 heterocycles. The van der Waals surface area contributed by atoms with Crippen LogP contribution in [-0.4, -0.2) is 41.4 Å². The summed E-state index contributed by atoms with van der Waals surface area (Å²) in [7, 11) is 1.62. The van der Waals surface area contributed by atoms with Crippen LogP contribution in [0.3, 0.4) is 0 Å². The van der Waals surface area contributed by atoms with Crippen molar-refractivity contribution in [3.05, 3.63) is 64.3 Å². The average molecular weight is 452 g/mol. The summed E-state index contributed by atoms with van der Waals surface area (Å²) in [5.41, 5.74) is 3.97. The number of methoxy groups -OCH3 is 1. The van der Waals surface area contributed by atoms with Gasteiger partial charge < -0.3 is 19.9 Å². The minimum atomic E-state index is -0.516. The third kappa shape index (κ3) is 3.73. The van der Waals surface area contributed by atoms with Gasteiger partial charge in [0.05, 0.1) is 13.2 Å². The lowest BCUT2D eigenvalue weighted by Gasteiger charge is -2.36. The van der Waals surface area contributed by atoms with Crippen molar-refractivity contribution in [3.63, 3.8) is 0 Å². The number of aromatic amines is 1. The SMILES string of the molecule is COc1ccc(C2c3[nH]c4ccc(Cl)cc4c3CCN2C(=O)C(=O)NC2CCCC2)cc1. The van der Waals surface area contributed by atoms with E-state index in [9.17, 15) is 9.59 Å². The van der Waals surface area contributed by atoms with Crippen molar-refractivity contribution >= 4 is 34.3 Å². The summed E-state index contributed by atoms with van der Waals surface area (Å²) in [6.07, 6.45) is 4.73. The molecule has 2 N–H and O–H groups in total. The maximum absolute atomic E-state index is 13.3. The van der Waals surface area contributed by atoms with Gasteiger partial charge in [-0.2, -0.15) is 0 Å². The molecule has 1 saturated carbocycles. The summed E-state index contributed by atoms with van der Waals surface area (Å²) < 4.78 is 5.31. The second-order valence-electron chi connectivity index (χ2n) is 8.59. The molecule has 2 aromatic carbocycles. The molecule has 3 aromatic rings. The predicted octanol–water partition coefficient (Wildman–Crippen LogP) is 4.36. The highest BCUT2D eigenvalue weighted by Crippen LogP contribution is 2.39. The second-order valence-corrected chi connectivity index (χ2v) is 9.02. The van der Waals surface area contributed by atoms with Gasteiger partial charge in [-0.25, -0.2) is 0 Å². The van der Waals surface area contributed by atoms with Crippen LogP contribution in [0.25, 0.3) is 10.9 Å². The highest BCUT2D eigenvalue weighted by Gasteiger charge is 2.37. The Balaban J connectivity index is 1.54. The molecule has 0 radical (unpaired) electrons. The van der Waals surface area contributed by atoms with E-state index in [2.05, 4.69) is 10.3 Å². The fourth-order valence-electron chi connectivity index (χ4n) is 5.06. The van der Waals surface area contributed by atoms with Gasteiger partial charge in [-0.15, -0.1) is 0 Å². The fraction of sp³-hybridized carbons (Fsp3) is 0.360. The van der Waals surface area contributed by atoms with Crippen LogP contribution in [0, 0.1) is 0 Å². The van der Waals surface area contributed by atoms with Gasteiger partial charge in [0.15, 0.2) is 0 Å². The lowest BCUT2D eigenvalue weighted by Crippen LogP contribution is -2.49. The molecule has 2 amide bonds. The molecule has 1 aliphatic carbocycles. The van der Waals surface area contributed by atoms with Gasteiger partial charge in [0.1, 0.15) is 5.75 Å². The van der Waals surface area contributed by atoms with Gasteiger partial charge in [-0.1, -0.05) is 36.6 Å². The second kappa shape index (κ2) is 8.51. The van der Waals surface area contributed by atoms with Crippen LogP contribution < -0.4 is 10.1 Å². The Labute approximate surface area is 191 Å². The van der Waals surface area contributed by atoms with E-state index in [1.807, 2.05) is 42.5 Å². The monoisotopic (exact) mass is 451 g/mol.